The van der Waals surface area contributed by atoms with Crippen molar-refractivity contribution in [1.29, 1.82) is 0 Å². The minimum atomic E-state index is -0.946. The van der Waals surface area contributed by atoms with E-state index in [1.165, 1.54) is 6.07 Å². The zero-order valence-electron chi connectivity index (χ0n) is 10.4. The van der Waals surface area contributed by atoms with Crippen LogP contribution in [-0.2, 0) is 9.59 Å². The molecule has 0 aromatic heterocycles. The lowest BCUT2D eigenvalue weighted by Gasteiger charge is -2.32. The molecule has 7 heteroatoms. The van der Waals surface area contributed by atoms with E-state index in [4.69, 9.17) is 5.11 Å². The van der Waals surface area contributed by atoms with Crippen LogP contribution in [0.1, 0.15) is 12.8 Å². The molecule has 1 aliphatic rings. The molecule has 1 aromatic carbocycles. The number of nitrogens with one attached hydrogen (secondary N) is 1. The fourth-order valence-electron chi connectivity index (χ4n) is 1.92. The first kappa shape index (κ1) is 14.8. The van der Waals surface area contributed by atoms with Gasteiger partial charge in [0.15, 0.2) is 11.6 Å². The summed E-state index contributed by atoms with van der Waals surface area (Å²) in [5.74, 6) is -3.25. The summed E-state index contributed by atoms with van der Waals surface area (Å²) in [6.45, 7) is 0. The molecule has 0 radical (unpaired) electrons. The number of carbonyl (C=O) groups excluding carboxylic acids is 1. The summed E-state index contributed by atoms with van der Waals surface area (Å²) in [5, 5.41) is 11.4. The predicted molar refractivity (Wildman–Crippen MR) is 69.4 cm³/mol. The van der Waals surface area contributed by atoms with Crippen molar-refractivity contribution in [3.8, 4) is 0 Å². The van der Waals surface area contributed by atoms with E-state index in [2.05, 4.69) is 5.32 Å². The summed E-state index contributed by atoms with van der Waals surface area (Å²) in [6.07, 6.45) is 0.883. The van der Waals surface area contributed by atoms with Crippen LogP contribution in [0.2, 0.25) is 0 Å². The van der Waals surface area contributed by atoms with E-state index in [0.29, 0.717) is 17.7 Å². The lowest BCUT2D eigenvalue weighted by atomic mass is 9.80. The van der Waals surface area contributed by atoms with Gasteiger partial charge in [-0.2, -0.15) is 0 Å². The molecule has 1 aromatic rings. The second-order valence-electron chi connectivity index (χ2n) is 4.64. The van der Waals surface area contributed by atoms with Gasteiger partial charge in [0.1, 0.15) is 0 Å². The van der Waals surface area contributed by atoms with E-state index in [0.717, 1.165) is 23.9 Å². The minimum absolute atomic E-state index is 0.0826. The van der Waals surface area contributed by atoms with E-state index < -0.39 is 17.6 Å². The van der Waals surface area contributed by atoms with Crippen LogP contribution in [0.3, 0.4) is 0 Å². The van der Waals surface area contributed by atoms with Gasteiger partial charge in [0.25, 0.3) is 0 Å². The van der Waals surface area contributed by atoms with Crippen molar-refractivity contribution >= 4 is 23.6 Å². The number of benzene rings is 1. The third-order valence-electron chi connectivity index (χ3n) is 3.11. The van der Waals surface area contributed by atoms with Crippen LogP contribution in [-0.4, -0.2) is 28.8 Å². The SMILES string of the molecule is O=C(CSc1ccc(F)c(F)c1)NC1CC(C(=O)O)C1. The number of hydrogen-bond acceptors (Lipinski definition) is 3. The number of amides is 1. The molecule has 2 rings (SSSR count). The Morgan fingerprint density at radius 2 is 2.00 bits per heavy atom. The van der Waals surface area contributed by atoms with Gasteiger partial charge in [0.05, 0.1) is 11.7 Å². The number of rotatable bonds is 5. The first-order valence-electron chi connectivity index (χ1n) is 6.05. The molecule has 2 N–H and O–H groups in total. The smallest absolute Gasteiger partial charge is 0.306 e. The second kappa shape index (κ2) is 6.21. The summed E-state index contributed by atoms with van der Waals surface area (Å²) in [7, 11) is 0. The van der Waals surface area contributed by atoms with Crippen molar-refractivity contribution < 1.29 is 23.5 Å². The van der Waals surface area contributed by atoms with Gasteiger partial charge in [0.2, 0.25) is 5.91 Å². The van der Waals surface area contributed by atoms with Gasteiger partial charge in [-0.25, -0.2) is 8.78 Å². The zero-order valence-corrected chi connectivity index (χ0v) is 11.3. The molecule has 0 saturated heterocycles. The summed E-state index contributed by atoms with van der Waals surface area (Å²) in [5.41, 5.74) is 0. The molecular formula is C13H13F2NO3S. The molecule has 0 heterocycles. The molecule has 1 fully saturated rings. The van der Waals surface area contributed by atoms with Gasteiger partial charge < -0.3 is 10.4 Å². The van der Waals surface area contributed by atoms with Gasteiger partial charge in [-0.05, 0) is 31.0 Å². The van der Waals surface area contributed by atoms with Gasteiger partial charge in [-0.15, -0.1) is 11.8 Å². The third-order valence-corrected chi connectivity index (χ3v) is 4.11. The molecule has 108 valence electrons. The van der Waals surface area contributed by atoms with E-state index in [1.54, 1.807) is 0 Å². The van der Waals surface area contributed by atoms with Crippen molar-refractivity contribution in [2.75, 3.05) is 5.75 Å². The Bertz CT molecular complexity index is 532. The molecule has 1 amide bonds. The first-order chi connectivity index (χ1) is 9.45. The number of aliphatic carboxylic acids is 1. The third kappa shape index (κ3) is 3.69. The molecule has 20 heavy (non-hydrogen) atoms. The molecule has 0 atom stereocenters. The molecule has 0 spiro atoms. The number of carboxylic acid groups (broad SMARTS) is 1. The van der Waals surface area contributed by atoms with E-state index in [9.17, 15) is 18.4 Å². The summed E-state index contributed by atoms with van der Waals surface area (Å²) in [6, 6.07) is 3.35. The fourth-order valence-corrected chi connectivity index (χ4v) is 2.65. The van der Waals surface area contributed by atoms with E-state index in [1.807, 2.05) is 0 Å². The molecule has 1 aliphatic carbocycles. The molecule has 0 bridgehead atoms. The highest BCUT2D eigenvalue weighted by molar-refractivity contribution is 8.00. The van der Waals surface area contributed by atoms with Crippen LogP contribution >= 0.6 is 11.8 Å². The van der Waals surface area contributed by atoms with Crippen molar-refractivity contribution in [1.82, 2.24) is 5.32 Å². The number of halogens is 2. The maximum atomic E-state index is 13.0. The minimum Gasteiger partial charge on any atom is -0.481 e. The highest BCUT2D eigenvalue weighted by atomic mass is 32.2. The largest absolute Gasteiger partial charge is 0.481 e. The summed E-state index contributed by atoms with van der Waals surface area (Å²) in [4.78, 5) is 22.7. The van der Waals surface area contributed by atoms with Crippen molar-refractivity contribution in [2.45, 2.75) is 23.8 Å². The Balaban J connectivity index is 1.73. The fraction of sp³-hybridized carbons (Fsp3) is 0.385. The van der Waals surface area contributed by atoms with Crippen molar-refractivity contribution in [2.24, 2.45) is 5.92 Å². The van der Waals surface area contributed by atoms with Crippen molar-refractivity contribution in [3.63, 3.8) is 0 Å². The Kier molecular flexibility index (Phi) is 4.59. The van der Waals surface area contributed by atoms with Crippen LogP contribution in [0.15, 0.2) is 23.1 Å². The maximum Gasteiger partial charge on any atom is 0.306 e. The number of carbonyl (C=O) groups is 2. The number of thioether (sulfide) groups is 1. The van der Waals surface area contributed by atoms with Crippen LogP contribution in [0.5, 0.6) is 0 Å². The Hall–Kier alpha value is -1.63. The zero-order chi connectivity index (χ0) is 14.7. The average molecular weight is 301 g/mol. The molecule has 4 nitrogen and oxygen atoms in total. The van der Waals surface area contributed by atoms with Crippen LogP contribution < -0.4 is 5.32 Å². The highest BCUT2D eigenvalue weighted by Crippen LogP contribution is 2.27. The average Bonchev–Trinajstić information content (AvgIpc) is 2.34. The lowest BCUT2D eigenvalue weighted by Crippen LogP contribution is -2.47. The number of hydrogen-bond donors (Lipinski definition) is 2. The van der Waals surface area contributed by atoms with Gasteiger partial charge in [0, 0.05) is 10.9 Å². The maximum absolute atomic E-state index is 13.0. The predicted octanol–water partition coefficient (Wildman–Crippen LogP) is 2.04. The monoisotopic (exact) mass is 301 g/mol. The lowest BCUT2D eigenvalue weighted by molar-refractivity contribution is -0.146. The second-order valence-corrected chi connectivity index (χ2v) is 5.68. The van der Waals surface area contributed by atoms with E-state index >= 15 is 0 Å². The first-order valence-corrected chi connectivity index (χ1v) is 7.04. The van der Waals surface area contributed by atoms with Crippen LogP contribution in [0.4, 0.5) is 8.78 Å². The van der Waals surface area contributed by atoms with Gasteiger partial charge >= 0.3 is 5.97 Å². The quantitative estimate of drug-likeness (QED) is 0.817. The molecular weight excluding hydrogens is 288 g/mol. The highest BCUT2D eigenvalue weighted by Gasteiger charge is 2.35. The van der Waals surface area contributed by atoms with E-state index in [-0.39, 0.29) is 23.6 Å². The Morgan fingerprint density at radius 3 is 2.60 bits per heavy atom. The summed E-state index contributed by atoms with van der Waals surface area (Å²) < 4.78 is 25.7. The topological polar surface area (TPSA) is 66.4 Å². The number of carboxylic acids is 1. The van der Waals surface area contributed by atoms with Gasteiger partial charge in [-0.3, -0.25) is 9.59 Å². The Morgan fingerprint density at radius 1 is 1.30 bits per heavy atom. The Labute approximate surface area is 118 Å². The molecule has 1 saturated carbocycles. The van der Waals surface area contributed by atoms with Crippen LogP contribution in [0, 0.1) is 17.6 Å². The molecule has 0 unspecified atom stereocenters. The molecule has 0 aliphatic heterocycles. The van der Waals surface area contributed by atoms with Crippen LogP contribution in [0.25, 0.3) is 0 Å². The van der Waals surface area contributed by atoms with Crippen molar-refractivity contribution in [3.05, 3.63) is 29.8 Å². The normalized spacial score (nSPS) is 21.1. The van der Waals surface area contributed by atoms with Gasteiger partial charge in [-0.1, -0.05) is 0 Å². The standard InChI is InChI=1S/C13H13F2NO3S/c14-10-2-1-9(5-11(10)15)20-6-12(17)16-8-3-7(4-8)13(18)19/h1-2,5,7-8H,3-4,6H2,(H,16,17)(H,18,19). The summed E-state index contributed by atoms with van der Waals surface area (Å²) >= 11 is 1.10.